The third-order valence-electron chi connectivity index (χ3n) is 7.63. The average molecular weight is 611 g/mol. The zero-order chi connectivity index (χ0) is 30.2. The van der Waals surface area contributed by atoms with Crippen LogP contribution in [0.1, 0.15) is 26.2 Å². The molecule has 228 valence electrons. The number of hydrogen-bond donors (Lipinski definition) is 2. The van der Waals surface area contributed by atoms with Crippen molar-refractivity contribution in [2.75, 3.05) is 63.1 Å². The van der Waals surface area contributed by atoms with Crippen molar-refractivity contribution in [3.05, 3.63) is 59.7 Å². The number of nitrogens with zero attached hydrogens (tertiary/aromatic N) is 4. The molecule has 2 heterocycles. The van der Waals surface area contributed by atoms with Crippen LogP contribution in [0.15, 0.2) is 48.8 Å². The van der Waals surface area contributed by atoms with E-state index in [4.69, 9.17) is 21.1 Å². The zero-order valence-corrected chi connectivity index (χ0v) is 24.9. The second-order valence-corrected chi connectivity index (χ2v) is 11.1. The Kier molecular flexibility index (Phi) is 10.4. The van der Waals surface area contributed by atoms with E-state index in [2.05, 4.69) is 30.4 Å². The number of halogens is 2. The highest BCUT2D eigenvalue weighted by Crippen LogP contribution is 2.35. The number of benzene rings is 2. The van der Waals surface area contributed by atoms with E-state index in [0.29, 0.717) is 66.1 Å². The highest BCUT2D eigenvalue weighted by atomic mass is 35.5. The summed E-state index contributed by atoms with van der Waals surface area (Å²) in [6, 6.07) is 7.91. The number of amides is 1. The molecule has 1 aromatic heterocycles. The molecule has 1 saturated carbocycles. The predicted molar refractivity (Wildman–Crippen MR) is 164 cm³/mol. The molecule has 0 radical (unpaired) electrons. The molecule has 1 amide bonds. The first-order valence-corrected chi connectivity index (χ1v) is 15.0. The maximum absolute atomic E-state index is 13.7. The number of carbonyl (C=O) groups excluding carboxylic acids is 2. The largest absolute Gasteiger partial charge is 0.491 e. The zero-order valence-electron chi connectivity index (χ0n) is 24.2. The highest BCUT2D eigenvalue weighted by Gasteiger charge is 2.21. The molecule has 2 aliphatic rings. The number of nitrogens with one attached hydrogen (secondary N) is 2. The number of fused-ring (bicyclic) bond motifs is 1. The van der Waals surface area contributed by atoms with Crippen molar-refractivity contribution in [2.45, 2.75) is 26.2 Å². The number of aromatic nitrogens is 2. The van der Waals surface area contributed by atoms with Gasteiger partial charge in [-0.1, -0.05) is 24.1 Å². The number of hydrogen-bond acceptors (Lipinski definition) is 9. The van der Waals surface area contributed by atoms with E-state index >= 15 is 0 Å². The standard InChI is InChI=1S/C31H36ClFN6O4/c1-2-42-30(41)18-39-13-11-38(12-14-39)10-4-7-29(40)37-27-16-23-26(17-28(27)43-19-21-5-3-6-21)34-20-35-31(23)36-22-8-9-25(33)24(32)15-22/h4,7-9,15-17,20-21H,2-3,5-6,10-14,18-19H2,1H3,(H,37,40)(H,34,35,36). The van der Waals surface area contributed by atoms with Gasteiger partial charge in [-0.05, 0) is 49.9 Å². The predicted octanol–water partition coefficient (Wildman–Crippen LogP) is 5.02. The third kappa shape index (κ3) is 8.40. The van der Waals surface area contributed by atoms with E-state index in [1.165, 1.54) is 31.0 Å². The third-order valence-corrected chi connectivity index (χ3v) is 7.92. The van der Waals surface area contributed by atoms with Crippen molar-refractivity contribution in [2.24, 2.45) is 5.92 Å². The van der Waals surface area contributed by atoms with Gasteiger partial charge in [0.2, 0.25) is 5.91 Å². The first-order chi connectivity index (χ1) is 20.9. The molecule has 0 bridgehead atoms. The first kappa shape index (κ1) is 30.7. The lowest BCUT2D eigenvalue weighted by molar-refractivity contribution is -0.144. The number of rotatable bonds is 12. The summed E-state index contributed by atoms with van der Waals surface area (Å²) in [6.07, 6.45) is 8.25. The molecule has 0 atom stereocenters. The number of anilines is 3. The summed E-state index contributed by atoms with van der Waals surface area (Å²) in [5.41, 5.74) is 1.70. The van der Waals surface area contributed by atoms with Gasteiger partial charge >= 0.3 is 5.97 Å². The molecule has 3 aromatic rings. The summed E-state index contributed by atoms with van der Waals surface area (Å²) in [5, 5.41) is 6.78. The molecule has 43 heavy (non-hydrogen) atoms. The van der Waals surface area contributed by atoms with E-state index in [0.717, 1.165) is 39.0 Å². The van der Waals surface area contributed by atoms with Crippen LogP contribution in [0, 0.1) is 11.7 Å². The summed E-state index contributed by atoms with van der Waals surface area (Å²) >= 11 is 5.96. The lowest BCUT2D eigenvalue weighted by Crippen LogP contribution is -2.48. The van der Waals surface area contributed by atoms with Gasteiger partial charge in [-0.15, -0.1) is 0 Å². The molecule has 2 N–H and O–H groups in total. The molecule has 0 spiro atoms. The minimum atomic E-state index is -0.512. The molecule has 2 fully saturated rings. The van der Waals surface area contributed by atoms with Crippen LogP contribution in [0.3, 0.4) is 0 Å². The van der Waals surface area contributed by atoms with Crippen LogP contribution >= 0.6 is 11.6 Å². The molecule has 12 heteroatoms. The number of ether oxygens (including phenoxy) is 2. The number of piperazine rings is 1. The van der Waals surface area contributed by atoms with Gasteiger partial charge in [0, 0.05) is 55.9 Å². The van der Waals surface area contributed by atoms with Crippen LogP contribution in [0.2, 0.25) is 5.02 Å². The lowest BCUT2D eigenvalue weighted by Gasteiger charge is -2.33. The van der Waals surface area contributed by atoms with Gasteiger partial charge in [-0.2, -0.15) is 0 Å². The fourth-order valence-electron chi connectivity index (χ4n) is 4.98. The maximum Gasteiger partial charge on any atom is 0.320 e. The Labute approximate surface area is 255 Å². The second-order valence-electron chi connectivity index (χ2n) is 10.7. The minimum Gasteiger partial charge on any atom is -0.491 e. The van der Waals surface area contributed by atoms with Crippen molar-refractivity contribution >= 4 is 51.6 Å². The Hall–Kier alpha value is -3.80. The summed E-state index contributed by atoms with van der Waals surface area (Å²) in [5.74, 6) is 0.516. The van der Waals surface area contributed by atoms with Crippen molar-refractivity contribution in [3.63, 3.8) is 0 Å². The molecule has 1 aliphatic heterocycles. The summed E-state index contributed by atoms with van der Waals surface area (Å²) in [6.45, 7) is 6.79. The van der Waals surface area contributed by atoms with Crippen LogP contribution in [0.25, 0.3) is 10.9 Å². The normalized spacial score (nSPS) is 16.3. The van der Waals surface area contributed by atoms with E-state index in [-0.39, 0.29) is 16.9 Å². The van der Waals surface area contributed by atoms with Crippen molar-refractivity contribution in [3.8, 4) is 5.75 Å². The van der Waals surface area contributed by atoms with Crippen LogP contribution in [0.4, 0.5) is 21.6 Å². The quantitative estimate of drug-likeness (QED) is 0.216. The molecule has 1 saturated heterocycles. The Balaban J connectivity index is 1.26. The van der Waals surface area contributed by atoms with Gasteiger partial charge < -0.3 is 20.1 Å². The van der Waals surface area contributed by atoms with Crippen LogP contribution in [-0.4, -0.2) is 84.1 Å². The second kappa shape index (κ2) is 14.6. The first-order valence-electron chi connectivity index (χ1n) is 14.6. The van der Waals surface area contributed by atoms with Crippen LogP contribution in [-0.2, 0) is 14.3 Å². The maximum atomic E-state index is 13.7. The Morgan fingerprint density at radius 3 is 2.63 bits per heavy atom. The smallest absolute Gasteiger partial charge is 0.320 e. The van der Waals surface area contributed by atoms with Gasteiger partial charge in [-0.25, -0.2) is 14.4 Å². The number of carbonyl (C=O) groups is 2. The Bertz CT molecular complexity index is 1480. The molecule has 10 nitrogen and oxygen atoms in total. The highest BCUT2D eigenvalue weighted by molar-refractivity contribution is 6.31. The Morgan fingerprint density at radius 2 is 1.91 bits per heavy atom. The Morgan fingerprint density at radius 1 is 1.12 bits per heavy atom. The van der Waals surface area contributed by atoms with Gasteiger partial charge in [0.15, 0.2) is 0 Å². The van der Waals surface area contributed by atoms with Crippen LogP contribution < -0.4 is 15.4 Å². The topological polar surface area (TPSA) is 109 Å². The van der Waals surface area contributed by atoms with Crippen molar-refractivity contribution in [1.29, 1.82) is 0 Å². The van der Waals surface area contributed by atoms with Gasteiger partial charge in [0.05, 0.1) is 36.0 Å². The van der Waals surface area contributed by atoms with E-state index in [1.54, 1.807) is 25.1 Å². The van der Waals surface area contributed by atoms with Crippen molar-refractivity contribution < 1.29 is 23.5 Å². The van der Waals surface area contributed by atoms with E-state index in [1.807, 2.05) is 6.08 Å². The monoisotopic (exact) mass is 610 g/mol. The van der Waals surface area contributed by atoms with Gasteiger partial charge in [0.1, 0.15) is 23.7 Å². The fraction of sp³-hybridized carbons (Fsp3) is 0.419. The van der Waals surface area contributed by atoms with Crippen molar-refractivity contribution in [1.82, 2.24) is 19.8 Å². The van der Waals surface area contributed by atoms with E-state index < -0.39 is 5.82 Å². The van der Waals surface area contributed by atoms with E-state index in [9.17, 15) is 14.0 Å². The number of esters is 1. The van der Waals surface area contributed by atoms with Gasteiger partial charge in [0.25, 0.3) is 0 Å². The molecular formula is C31H36ClFN6O4. The molecule has 1 aliphatic carbocycles. The molecule has 0 unspecified atom stereocenters. The molecular weight excluding hydrogens is 575 g/mol. The SMILES string of the molecule is CCOC(=O)CN1CCN(CC=CC(=O)Nc2cc3c(Nc4ccc(F)c(Cl)c4)ncnc3cc2OCC2CCC2)CC1. The molecule has 5 rings (SSSR count). The summed E-state index contributed by atoms with van der Waals surface area (Å²) in [4.78, 5) is 37.8. The minimum absolute atomic E-state index is 0.00617. The lowest BCUT2D eigenvalue weighted by atomic mass is 9.86. The fourth-order valence-corrected chi connectivity index (χ4v) is 5.16. The summed E-state index contributed by atoms with van der Waals surface area (Å²) in [7, 11) is 0. The average Bonchev–Trinajstić information content (AvgIpc) is 2.96. The summed E-state index contributed by atoms with van der Waals surface area (Å²) < 4.78 is 24.9. The van der Waals surface area contributed by atoms with Crippen LogP contribution in [0.5, 0.6) is 5.75 Å². The van der Waals surface area contributed by atoms with Gasteiger partial charge in [-0.3, -0.25) is 19.4 Å². The molecule has 2 aromatic carbocycles.